The lowest BCUT2D eigenvalue weighted by atomic mass is 10.0. The number of aliphatic hydroxyl groups excluding tert-OH is 2. The molecule has 1 aromatic carbocycles. The van der Waals surface area contributed by atoms with Gasteiger partial charge in [-0.25, -0.2) is 4.39 Å². The Kier molecular flexibility index (Phi) is 5.01. The van der Waals surface area contributed by atoms with Crippen molar-refractivity contribution in [3.63, 3.8) is 0 Å². The van der Waals surface area contributed by atoms with E-state index in [9.17, 15) is 27.8 Å². The molecule has 0 aliphatic heterocycles. The van der Waals surface area contributed by atoms with Crippen molar-refractivity contribution in [2.75, 3.05) is 5.75 Å². The van der Waals surface area contributed by atoms with Crippen molar-refractivity contribution in [1.29, 1.82) is 0 Å². The zero-order valence-corrected chi connectivity index (χ0v) is 10.0. The summed E-state index contributed by atoms with van der Waals surface area (Å²) in [5.74, 6) is -0.934. The van der Waals surface area contributed by atoms with Crippen LogP contribution < -0.4 is 0 Å². The summed E-state index contributed by atoms with van der Waals surface area (Å²) in [5, 5.41) is 19.0. The summed E-state index contributed by atoms with van der Waals surface area (Å²) in [6, 6.07) is 1.78. The topological polar surface area (TPSA) is 40.5 Å². The lowest BCUT2D eigenvalue weighted by Crippen LogP contribution is -2.20. The van der Waals surface area contributed by atoms with Gasteiger partial charge in [0.15, 0.2) is 0 Å². The molecule has 102 valence electrons. The third-order valence-corrected chi connectivity index (χ3v) is 2.69. The molecular formula is C11H12F4O2S. The minimum absolute atomic E-state index is 0.102. The van der Waals surface area contributed by atoms with Crippen LogP contribution in [-0.4, -0.2) is 22.1 Å². The first kappa shape index (κ1) is 15.3. The fourth-order valence-electron chi connectivity index (χ4n) is 1.44. The van der Waals surface area contributed by atoms with E-state index in [0.717, 1.165) is 6.07 Å². The van der Waals surface area contributed by atoms with Crippen LogP contribution in [-0.2, 0) is 6.18 Å². The van der Waals surface area contributed by atoms with Gasteiger partial charge in [-0.15, -0.1) is 0 Å². The average molecular weight is 284 g/mol. The molecule has 1 rings (SSSR count). The second-order valence-electron chi connectivity index (χ2n) is 3.76. The maximum Gasteiger partial charge on any atom is 0.416 e. The maximum atomic E-state index is 13.4. The zero-order chi connectivity index (χ0) is 13.9. The van der Waals surface area contributed by atoms with Gasteiger partial charge in [0.2, 0.25) is 0 Å². The highest BCUT2D eigenvalue weighted by Crippen LogP contribution is 2.32. The van der Waals surface area contributed by atoms with Crippen molar-refractivity contribution in [2.45, 2.75) is 24.8 Å². The highest BCUT2D eigenvalue weighted by molar-refractivity contribution is 7.80. The largest absolute Gasteiger partial charge is 0.416 e. The third kappa shape index (κ3) is 3.60. The lowest BCUT2D eigenvalue weighted by Gasteiger charge is -2.18. The molecule has 0 saturated carbocycles. The van der Waals surface area contributed by atoms with Crippen LogP contribution in [0.1, 0.15) is 23.7 Å². The number of hydrogen-bond acceptors (Lipinski definition) is 3. The molecule has 0 heterocycles. The normalized spacial score (nSPS) is 15.5. The molecule has 0 saturated heterocycles. The van der Waals surface area contributed by atoms with E-state index in [1.165, 1.54) is 0 Å². The minimum Gasteiger partial charge on any atom is -0.390 e. The first-order valence-electron chi connectivity index (χ1n) is 5.11. The number of hydrogen-bond donors (Lipinski definition) is 3. The number of halogens is 4. The average Bonchev–Trinajstić information content (AvgIpc) is 2.27. The number of alkyl halides is 3. The number of benzene rings is 1. The fraction of sp³-hybridized carbons (Fsp3) is 0.455. The van der Waals surface area contributed by atoms with Crippen LogP contribution in [0.5, 0.6) is 0 Å². The molecule has 0 bridgehead atoms. The van der Waals surface area contributed by atoms with Gasteiger partial charge in [0.05, 0.1) is 11.7 Å². The monoisotopic (exact) mass is 284 g/mol. The van der Waals surface area contributed by atoms with Crippen molar-refractivity contribution >= 4 is 12.6 Å². The highest BCUT2D eigenvalue weighted by atomic mass is 32.1. The molecule has 0 spiro atoms. The first-order chi connectivity index (χ1) is 8.27. The standard InChI is InChI=1S/C11H12F4O2S/c12-8-5-6(11(13,14)15)1-2-7(8)10(17)9(16)3-4-18/h1-2,5,9-10,16-18H,3-4H2. The molecule has 1 aromatic rings. The van der Waals surface area contributed by atoms with Gasteiger partial charge in [-0.2, -0.15) is 25.8 Å². The van der Waals surface area contributed by atoms with Gasteiger partial charge < -0.3 is 10.2 Å². The van der Waals surface area contributed by atoms with Gasteiger partial charge in [0.25, 0.3) is 0 Å². The van der Waals surface area contributed by atoms with Gasteiger partial charge in [0, 0.05) is 5.56 Å². The van der Waals surface area contributed by atoms with Gasteiger partial charge in [-0.05, 0) is 24.3 Å². The predicted molar refractivity (Wildman–Crippen MR) is 60.8 cm³/mol. The Morgan fingerprint density at radius 1 is 1.22 bits per heavy atom. The second-order valence-corrected chi connectivity index (χ2v) is 4.21. The highest BCUT2D eigenvalue weighted by Gasteiger charge is 2.32. The van der Waals surface area contributed by atoms with Crippen LogP contribution in [0.25, 0.3) is 0 Å². The number of thiol groups is 1. The Morgan fingerprint density at radius 2 is 1.83 bits per heavy atom. The number of rotatable bonds is 4. The number of aliphatic hydroxyl groups is 2. The van der Waals surface area contributed by atoms with Crippen molar-refractivity contribution < 1.29 is 27.8 Å². The van der Waals surface area contributed by atoms with Crippen LogP contribution in [0.4, 0.5) is 17.6 Å². The van der Waals surface area contributed by atoms with Crippen molar-refractivity contribution in [2.24, 2.45) is 0 Å². The quantitative estimate of drug-likeness (QED) is 0.587. The molecule has 0 amide bonds. The molecule has 0 aliphatic rings. The summed E-state index contributed by atoms with van der Waals surface area (Å²) in [6.45, 7) is 0. The Labute approximate surface area is 107 Å². The molecule has 0 radical (unpaired) electrons. The van der Waals surface area contributed by atoms with Crippen molar-refractivity contribution in [3.05, 3.63) is 35.1 Å². The van der Waals surface area contributed by atoms with Gasteiger partial charge in [-0.3, -0.25) is 0 Å². The minimum atomic E-state index is -4.64. The summed E-state index contributed by atoms with van der Waals surface area (Å²) in [4.78, 5) is 0. The molecule has 0 fully saturated rings. The van der Waals surface area contributed by atoms with Crippen LogP contribution in [0.15, 0.2) is 18.2 Å². The van der Waals surface area contributed by atoms with Gasteiger partial charge >= 0.3 is 6.18 Å². The fourth-order valence-corrected chi connectivity index (χ4v) is 1.71. The molecule has 18 heavy (non-hydrogen) atoms. The second kappa shape index (κ2) is 5.90. The summed E-state index contributed by atoms with van der Waals surface area (Å²) in [7, 11) is 0. The van der Waals surface area contributed by atoms with Gasteiger partial charge in [0.1, 0.15) is 11.9 Å². The molecule has 0 aromatic heterocycles. The van der Waals surface area contributed by atoms with E-state index in [4.69, 9.17) is 0 Å². The molecule has 2 nitrogen and oxygen atoms in total. The molecular weight excluding hydrogens is 272 g/mol. The Bertz CT molecular complexity index is 409. The molecule has 7 heteroatoms. The molecule has 2 atom stereocenters. The van der Waals surface area contributed by atoms with E-state index in [0.29, 0.717) is 12.1 Å². The van der Waals surface area contributed by atoms with Crippen molar-refractivity contribution in [3.8, 4) is 0 Å². The van der Waals surface area contributed by atoms with Crippen LogP contribution in [0, 0.1) is 5.82 Å². The summed E-state index contributed by atoms with van der Waals surface area (Å²) < 4.78 is 50.3. The smallest absolute Gasteiger partial charge is 0.390 e. The van der Waals surface area contributed by atoms with Crippen LogP contribution in [0.2, 0.25) is 0 Å². The van der Waals surface area contributed by atoms with E-state index in [1.54, 1.807) is 0 Å². The SMILES string of the molecule is OC(CCS)C(O)c1ccc(C(F)(F)F)cc1F. The van der Waals surface area contributed by atoms with E-state index in [-0.39, 0.29) is 17.7 Å². The summed E-state index contributed by atoms with van der Waals surface area (Å²) >= 11 is 3.83. The Balaban J connectivity index is 2.99. The van der Waals surface area contributed by atoms with E-state index in [1.807, 2.05) is 0 Å². The summed E-state index contributed by atoms with van der Waals surface area (Å²) in [5.41, 5.74) is -1.50. The van der Waals surface area contributed by atoms with Crippen LogP contribution in [0.3, 0.4) is 0 Å². The summed E-state index contributed by atoms with van der Waals surface area (Å²) in [6.07, 6.45) is -7.38. The maximum absolute atomic E-state index is 13.4. The molecule has 0 aliphatic carbocycles. The predicted octanol–water partition coefficient (Wildman–Crippen LogP) is 2.56. The van der Waals surface area contributed by atoms with E-state index >= 15 is 0 Å². The first-order valence-corrected chi connectivity index (χ1v) is 5.74. The Hall–Kier alpha value is -0.790. The zero-order valence-electron chi connectivity index (χ0n) is 9.15. The lowest BCUT2D eigenvalue weighted by molar-refractivity contribution is -0.137. The van der Waals surface area contributed by atoms with Crippen molar-refractivity contribution in [1.82, 2.24) is 0 Å². The van der Waals surface area contributed by atoms with E-state index in [2.05, 4.69) is 12.6 Å². The third-order valence-electron chi connectivity index (χ3n) is 2.44. The molecule has 2 N–H and O–H groups in total. The van der Waals surface area contributed by atoms with Crippen LogP contribution >= 0.6 is 12.6 Å². The molecule has 2 unspecified atom stereocenters. The van der Waals surface area contributed by atoms with E-state index < -0.39 is 29.8 Å². The van der Waals surface area contributed by atoms with Gasteiger partial charge in [-0.1, -0.05) is 6.07 Å². The Morgan fingerprint density at radius 3 is 2.28 bits per heavy atom.